The molecule has 0 aromatic carbocycles. The average molecular weight is 307 g/mol. The summed E-state index contributed by atoms with van der Waals surface area (Å²) >= 11 is 0. The van der Waals surface area contributed by atoms with Gasteiger partial charge in [-0.15, -0.1) is 0 Å². The number of ether oxygens (including phenoxy) is 2. The van der Waals surface area contributed by atoms with Crippen molar-refractivity contribution in [1.82, 2.24) is 10.6 Å². The van der Waals surface area contributed by atoms with E-state index in [2.05, 4.69) is 49.9 Å². The van der Waals surface area contributed by atoms with Crippen molar-refractivity contribution in [2.24, 2.45) is 0 Å². The van der Waals surface area contributed by atoms with Gasteiger partial charge in [0.2, 0.25) is 6.79 Å². The molecule has 0 aromatic heterocycles. The summed E-state index contributed by atoms with van der Waals surface area (Å²) in [6, 6.07) is 0. The van der Waals surface area contributed by atoms with Gasteiger partial charge in [0.1, 0.15) is 0 Å². The third kappa shape index (κ3) is 13.2. The summed E-state index contributed by atoms with van der Waals surface area (Å²) in [4.78, 5) is 22.5. The van der Waals surface area contributed by atoms with E-state index in [9.17, 15) is 9.59 Å². The van der Waals surface area contributed by atoms with Gasteiger partial charge in [-0.25, -0.2) is 9.59 Å². The molecule has 0 rings (SSSR count). The lowest BCUT2D eigenvalue weighted by Gasteiger charge is -2.17. The first kappa shape index (κ1) is 18.0. The van der Waals surface area contributed by atoms with Crippen molar-refractivity contribution in [2.75, 3.05) is 19.1 Å². The largest absolute Gasteiger partial charge is 0.412 e. The van der Waals surface area contributed by atoms with Gasteiger partial charge in [0.15, 0.2) is 0 Å². The van der Waals surface area contributed by atoms with Gasteiger partial charge in [0.25, 0.3) is 0 Å². The minimum absolute atomic E-state index is 0.366. The molecule has 0 radical (unpaired) electrons. The molecule has 112 valence electrons. The molecule has 2 N–H and O–H groups in total. The number of hydrogen-bond donors (Lipinski definition) is 2. The molecular weight excluding hydrogens is 280 g/mol. The topological polar surface area (TPSA) is 76.7 Å². The van der Waals surface area contributed by atoms with E-state index >= 15 is 0 Å². The molecule has 0 fully saturated rings. The van der Waals surface area contributed by atoms with E-state index in [4.69, 9.17) is 9.47 Å². The van der Waals surface area contributed by atoms with Crippen LogP contribution in [0.3, 0.4) is 0 Å². The number of carbonyl (C=O) groups is 2. The minimum atomic E-state index is -1.34. The molecule has 0 aromatic rings. The van der Waals surface area contributed by atoms with E-state index in [-0.39, 0.29) is 6.79 Å². The maximum absolute atomic E-state index is 11.3. The van der Waals surface area contributed by atoms with Gasteiger partial charge in [0, 0.05) is 12.3 Å². The van der Waals surface area contributed by atoms with Gasteiger partial charge in [-0.3, -0.25) is 0 Å². The van der Waals surface area contributed by atoms with Gasteiger partial charge in [-0.1, -0.05) is 39.3 Å². The van der Waals surface area contributed by atoms with Gasteiger partial charge in [-0.2, -0.15) is 0 Å². The third-order valence-electron chi connectivity index (χ3n) is 1.91. The van der Waals surface area contributed by atoms with E-state index in [1.54, 1.807) is 0 Å². The molecule has 19 heavy (non-hydrogen) atoms. The Morgan fingerprint density at radius 2 is 1.11 bits per heavy atom. The van der Waals surface area contributed by atoms with Crippen LogP contribution in [0, 0.1) is 0 Å². The second-order valence-electron chi connectivity index (χ2n) is 6.81. The highest BCUT2D eigenvalue weighted by molar-refractivity contribution is 6.76. The van der Waals surface area contributed by atoms with Gasteiger partial charge >= 0.3 is 12.2 Å². The van der Waals surface area contributed by atoms with E-state index in [0.29, 0.717) is 12.3 Å². The summed E-state index contributed by atoms with van der Waals surface area (Å²) in [7, 11) is -2.68. The van der Waals surface area contributed by atoms with Crippen LogP contribution in [0.2, 0.25) is 39.3 Å². The van der Waals surface area contributed by atoms with Crippen LogP contribution in [0.4, 0.5) is 9.59 Å². The van der Waals surface area contributed by atoms with Crippen LogP contribution in [0.5, 0.6) is 0 Å². The normalized spacial score (nSPS) is 11.7. The zero-order chi connectivity index (χ0) is 15.1. The van der Waals surface area contributed by atoms with Crippen LogP contribution < -0.4 is 10.6 Å². The van der Waals surface area contributed by atoms with Crippen LogP contribution in [0.1, 0.15) is 0 Å². The fourth-order valence-corrected chi connectivity index (χ4v) is 2.26. The van der Waals surface area contributed by atoms with Crippen molar-refractivity contribution in [3.8, 4) is 0 Å². The Bertz CT molecular complexity index is 281. The first-order chi connectivity index (χ1) is 8.49. The Morgan fingerprint density at radius 1 is 0.789 bits per heavy atom. The van der Waals surface area contributed by atoms with Gasteiger partial charge in [-0.05, 0) is 0 Å². The molecule has 0 atom stereocenters. The van der Waals surface area contributed by atoms with Gasteiger partial charge in [0.05, 0.1) is 16.1 Å². The summed E-state index contributed by atoms with van der Waals surface area (Å²) in [6.45, 7) is 12.4. The zero-order valence-corrected chi connectivity index (χ0v) is 14.8. The SMILES string of the molecule is C[Si](C)(C)CNC(=O)OCOC(=O)NC[Si](C)(C)C. The molecule has 0 aliphatic rings. The van der Waals surface area contributed by atoms with Crippen molar-refractivity contribution in [1.29, 1.82) is 0 Å². The number of alkyl carbamates (subject to hydrolysis) is 2. The Hall–Kier alpha value is -1.03. The predicted molar refractivity (Wildman–Crippen MR) is 80.5 cm³/mol. The number of nitrogens with one attached hydrogen (secondary N) is 2. The molecule has 2 amide bonds. The summed E-state index contributed by atoms with van der Waals surface area (Å²) in [5, 5.41) is 5.30. The number of carbonyl (C=O) groups excluding carboxylic acids is 2. The monoisotopic (exact) mass is 306 g/mol. The molecule has 0 aliphatic carbocycles. The summed E-state index contributed by atoms with van der Waals surface area (Å²) in [6.07, 6.45) is 0.155. The van der Waals surface area contributed by atoms with Crippen LogP contribution in [0.15, 0.2) is 0 Å². The van der Waals surface area contributed by atoms with Crippen molar-refractivity contribution in [3.63, 3.8) is 0 Å². The quantitative estimate of drug-likeness (QED) is 0.582. The first-order valence-electron chi connectivity index (χ1n) is 6.31. The second kappa shape index (κ2) is 7.54. The maximum atomic E-state index is 11.3. The molecule has 0 heterocycles. The lowest BCUT2D eigenvalue weighted by atomic mass is 11.0. The fraction of sp³-hybridized carbons (Fsp3) is 0.818. The lowest BCUT2D eigenvalue weighted by molar-refractivity contribution is 0.0254. The molecule has 0 spiro atoms. The number of amides is 2. The van der Waals surface area contributed by atoms with Crippen LogP contribution in [-0.4, -0.2) is 47.5 Å². The Labute approximate surface area is 117 Å². The first-order valence-corrected chi connectivity index (χ1v) is 13.7. The maximum Gasteiger partial charge on any atom is 0.409 e. The lowest BCUT2D eigenvalue weighted by Crippen LogP contribution is -2.41. The molecule has 8 heteroatoms. The van der Waals surface area contributed by atoms with Gasteiger partial charge < -0.3 is 20.1 Å². The van der Waals surface area contributed by atoms with Crippen LogP contribution in [0.25, 0.3) is 0 Å². The summed E-state index contributed by atoms with van der Waals surface area (Å²) < 4.78 is 9.48. The fourth-order valence-electron chi connectivity index (χ4n) is 0.913. The van der Waals surface area contributed by atoms with E-state index in [0.717, 1.165) is 0 Å². The van der Waals surface area contributed by atoms with E-state index in [1.807, 2.05) is 0 Å². The number of rotatable bonds is 6. The minimum Gasteiger partial charge on any atom is -0.412 e. The summed E-state index contributed by atoms with van der Waals surface area (Å²) in [5.74, 6) is 0. The number of hydrogen-bond acceptors (Lipinski definition) is 4. The second-order valence-corrected chi connectivity index (χ2v) is 17.8. The molecule has 6 nitrogen and oxygen atoms in total. The highest BCUT2D eigenvalue weighted by Gasteiger charge is 2.16. The smallest absolute Gasteiger partial charge is 0.409 e. The van der Waals surface area contributed by atoms with Crippen molar-refractivity contribution >= 4 is 28.3 Å². The highest BCUT2D eigenvalue weighted by atomic mass is 28.3. The van der Waals surface area contributed by atoms with Crippen molar-refractivity contribution in [3.05, 3.63) is 0 Å². The Morgan fingerprint density at radius 3 is 1.37 bits per heavy atom. The molecule has 0 bridgehead atoms. The van der Waals surface area contributed by atoms with E-state index in [1.165, 1.54) is 0 Å². The van der Waals surface area contributed by atoms with Crippen molar-refractivity contribution < 1.29 is 19.1 Å². The molecular formula is C11H26N2O4Si2. The average Bonchev–Trinajstić information content (AvgIpc) is 2.22. The molecule has 0 saturated heterocycles. The van der Waals surface area contributed by atoms with Crippen LogP contribution >= 0.6 is 0 Å². The molecule has 0 saturated carbocycles. The third-order valence-corrected chi connectivity index (χ3v) is 4.38. The van der Waals surface area contributed by atoms with Crippen LogP contribution in [-0.2, 0) is 9.47 Å². The van der Waals surface area contributed by atoms with E-state index < -0.39 is 28.3 Å². The zero-order valence-electron chi connectivity index (χ0n) is 12.8. The predicted octanol–water partition coefficient (Wildman–Crippen LogP) is 2.15. The molecule has 0 unspecified atom stereocenters. The van der Waals surface area contributed by atoms with Crippen molar-refractivity contribution in [2.45, 2.75) is 39.3 Å². The highest BCUT2D eigenvalue weighted by Crippen LogP contribution is 1.98. The summed E-state index contributed by atoms with van der Waals surface area (Å²) in [5.41, 5.74) is 0. The standard InChI is InChI=1S/C11H26N2O4Si2/c1-18(2,3)7-12-10(14)16-9-17-11(15)13-8-19(4,5)6/h7-9H2,1-6H3,(H,12,14)(H,13,15). The molecule has 0 aliphatic heterocycles. The Balaban J connectivity index is 3.68. The Kier molecular flexibility index (Phi) is 7.13.